The van der Waals surface area contributed by atoms with Crippen LogP contribution in [0.4, 0.5) is 5.95 Å². The van der Waals surface area contributed by atoms with Crippen molar-refractivity contribution < 1.29 is 0 Å². The molecule has 1 fully saturated rings. The Bertz CT molecular complexity index is 374. The molecule has 0 saturated carbocycles. The summed E-state index contributed by atoms with van der Waals surface area (Å²) in [7, 11) is 2.10. The summed E-state index contributed by atoms with van der Waals surface area (Å²) in [6, 6.07) is 0.562. The Labute approximate surface area is 110 Å². The van der Waals surface area contributed by atoms with E-state index in [0.29, 0.717) is 6.04 Å². The molecule has 1 aromatic heterocycles. The molecule has 0 amide bonds. The Morgan fingerprint density at radius 2 is 1.72 bits per heavy atom. The first-order valence-corrected chi connectivity index (χ1v) is 6.74. The molecule has 1 N–H and O–H groups in total. The number of rotatable bonds is 2. The second-order valence-corrected chi connectivity index (χ2v) is 6.11. The van der Waals surface area contributed by atoms with E-state index in [0.717, 1.165) is 19.0 Å². The molecule has 0 spiro atoms. The zero-order chi connectivity index (χ0) is 13.2. The van der Waals surface area contributed by atoms with Crippen molar-refractivity contribution in [1.82, 2.24) is 15.3 Å². The van der Waals surface area contributed by atoms with E-state index in [1.807, 2.05) is 12.4 Å². The highest BCUT2D eigenvalue weighted by Crippen LogP contribution is 2.22. The summed E-state index contributed by atoms with van der Waals surface area (Å²) in [5, 5.41) is 3.38. The third-order valence-electron chi connectivity index (χ3n) is 3.68. The minimum atomic E-state index is 0.117. The molecule has 0 aromatic carbocycles. The minimum absolute atomic E-state index is 0.117. The Hall–Kier alpha value is -1.16. The van der Waals surface area contributed by atoms with Crippen molar-refractivity contribution in [2.45, 2.75) is 45.1 Å². The van der Waals surface area contributed by atoms with Gasteiger partial charge in [-0.3, -0.25) is 0 Å². The van der Waals surface area contributed by atoms with Crippen LogP contribution in [0.2, 0.25) is 0 Å². The number of aromatic nitrogens is 2. The third-order valence-corrected chi connectivity index (χ3v) is 3.68. The van der Waals surface area contributed by atoms with Crippen molar-refractivity contribution >= 4 is 5.95 Å². The van der Waals surface area contributed by atoms with E-state index in [9.17, 15) is 0 Å². The topological polar surface area (TPSA) is 41.1 Å². The number of piperidine rings is 1. The molecule has 0 aliphatic carbocycles. The van der Waals surface area contributed by atoms with Gasteiger partial charge in [0.1, 0.15) is 0 Å². The Morgan fingerprint density at radius 1 is 1.17 bits per heavy atom. The molecule has 1 saturated heterocycles. The maximum Gasteiger partial charge on any atom is 0.225 e. The maximum atomic E-state index is 4.51. The predicted octanol–water partition coefficient (Wildman–Crippen LogP) is 1.96. The third kappa shape index (κ3) is 2.99. The summed E-state index contributed by atoms with van der Waals surface area (Å²) in [5.41, 5.74) is 1.30. The second kappa shape index (κ2) is 5.22. The summed E-state index contributed by atoms with van der Waals surface area (Å²) >= 11 is 0. The molecule has 0 bridgehead atoms. The molecular weight excluding hydrogens is 224 g/mol. The summed E-state index contributed by atoms with van der Waals surface area (Å²) in [6.07, 6.45) is 6.25. The fourth-order valence-corrected chi connectivity index (χ4v) is 2.25. The SMILES string of the molecule is CN(c1ncc(C(C)(C)C)cn1)C1CCNCC1. The van der Waals surface area contributed by atoms with Crippen LogP contribution in [-0.2, 0) is 5.41 Å². The normalized spacial score (nSPS) is 17.8. The summed E-state index contributed by atoms with van der Waals surface area (Å²) in [5.74, 6) is 0.843. The molecule has 18 heavy (non-hydrogen) atoms. The van der Waals surface area contributed by atoms with Crippen LogP contribution in [0.5, 0.6) is 0 Å². The quantitative estimate of drug-likeness (QED) is 0.868. The van der Waals surface area contributed by atoms with E-state index in [-0.39, 0.29) is 5.41 Å². The van der Waals surface area contributed by atoms with E-state index in [1.54, 1.807) is 0 Å². The van der Waals surface area contributed by atoms with Gasteiger partial charge >= 0.3 is 0 Å². The average Bonchev–Trinajstić information content (AvgIpc) is 2.38. The van der Waals surface area contributed by atoms with Gasteiger partial charge in [0.25, 0.3) is 0 Å². The molecule has 2 heterocycles. The van der Waals surface area contributed by atoms with Gasteiger partial charge in [0, 0.05) is 25.5 Å². The van der Waals surface area contributed by atoms with Crippen LogP contribution in [0, 0.1) is 0 Å². The number of nitrogens with one attached hydrogen (secondary N) is 1. The van der Waals surface area contributed by atoms with Crippen LogP contribution in [0.15, 0.2) is 12.4 Å². The van der Waals surface area contributed by atoms with E-state index < -0.39 is 0 Å². The number of nitrogens with zero attached hydrogens (tertiary/aromatic N) is 3. The van der Waals surface area contributed by atoms with E-state index >= 15 is 0 Å². The van der Waals surface area contributed by atoms with Crippen LogP contribution in [0.25, 0.3) is 0 Å². The van der Waals surface area contributed by atoms with Crippen LogP contribution in [0.1, 0.15) is 39.2 Å². The molecule has 1 aliphatic heterocycles. The summed E-state index contributed by atoms with van der Waals surface area (Å²) in [4.78, 5) is 11.2. The van der Waals surface area contributed by atoms with Gasteiger partial charge in [0.15, 0.2) is 0 Å². The molecule has 1 aliphatic rings. The van der Waals surface area contributed by atoms with Gasteiger partial charge in [0.2, 0.25) is 5.95 Å². The van der Waals surface area contributed by atoms with Crippen molar-refractivity contribution in [3.8, 4) is 0 Å². The fraction of sp³-hybridized carbons (Fsp3) is 0.714. The van der Waals surface area contributed by atoms with Gasteiger partial charge in [-0.25, -0.2) is 9.97 Å². The van der Waals surface area contributed by atoms with Crippen LogP contribution >= 0.6 is 0 Å². The molecule has 4 nitrogen and oxygen atoms in total. The molecular formula is C14H24N4. The molecule has 0 radical (unpaired) electrons. The van der Waals surface area contributed by atoms with Crippen LogP contribution < -0.4 is 10.2 Å². The first kappa shape index (κ1) is 13.3. The van der Waals surface area contributed by atoms with E-state index in [4.69, 9.17) is 0 Å². The molecule has 2 rings (SSSR count). The molecule has 4 heteroatoms. The monoisotopic (exact) mass is 248 g/mol. The lowest BCUT2D eigenvalue weighted by Gasteiger charge is -2.31. The van der Waals surface area contributed by atoms with Crippen molar-refractivity contribution in [2.24, 2.45) is 0 Å². The summed E-state index contributed by atoms with van der Waals surface area (Å²) in [6.45, 7) is 8.73. The van der Waals surface area contributed by atoms with Crippen LogP contribution in [0.3, 0.4) is 0 Å². The van der Waals surface area contributed by atoms with E-state index in [2.05, 4.69) is 48.0 Å². The van der Waals surface area contributed by atoms with Crippen molar-refractivity contribution in [3.63, 3.8) is 0 Å². The molecule has 0 atom stereocenters. The zero-order valence-corrected chi connectivity index (χ0v) is 11.9. The molecule has 100 valence electrons. The smallest absolute Gasteiger partial charge is 0.225 e. The lowest BCUT2D eigenvalue weighted by Crippen LogP contribution is -2.41. The summed E-state index contributed by atoms with van der Waals surface area (Å²) < 4.78 is 0. The first-order chi connectivity index (χ1) is 8.48. The average molecular weight is 248 g/mol. The van der Waals surface area contributed by atoms with Gasteiger partial charge in [-0.2, -0.15) is 0 Å². The molecule has 0 unspecified atom stereocenters. The van der Waals surface area contributed by atoms with Gasteiger partial charge in [-0.15, -0.1) is 0 Å². The van der Waals surface area contributed by atoms with Crippen molar-refractivity contribution in [3.05, 3.63) is 18.0 Å². The Balaban J connectivity index is 2.09. The van der Waals surface area contributed by atoms with Crippen molar-refractivity contribution in [2.75, 3.05) is 25.0 Å². The Morgan fingerprint density at radius 3 is 2.22 bits per heavy atom. The maximum absolute atomic E-state index is 4.51. The predicted molar refractivity (Wildman–Crippen MR) is 75.0 cm³/mol. The van der Waals surface area contributed by atoms with Crippen molar-refractivity contribution in [1.29, 1.82) is 0 Å². The van der Waals surface area contributed by atoms with Gasteiger partial charge in [-0.1, -0.05) is 20.8 Å². The second-order valence-electron chi connectivity index (χ2n) is 6.11. The van der Waals surface area contributed by atoms with Crippen LogP contribution in [-0.4, -0.2) is 36.1 Å². The lowest BCUT2D eigenvalue weighted by atomic mass is 9.89. The highest BCUT2D eigenvalue weighted by atomic mass is 15.3. The van der Waals surface area contributed by atoms with Gasteiger partial charge in [-0.05, 0) is 36.9 Å². The zero-order valence-electron chi connectivity index (χ0n) is 11.9. The number of hydrogen-bond donors (Lipinski definition) is 1. The number of anilines is 1. The lowest BCUT2D eigenvalue weighted by molar-refractivity contribution is 0.439. The standard InChI is InChI=1S/C14H24N4/c1-14(2,3)11-9-16-13(17-10-11)18(4)12-5-7-15-8-6-12/h9-10,12,15H,5-8H2,1-4H3. The first-order valence-electron chi connectivity index (χ1n) is 6.74. The minimum Gasteiger partial charge on any atom is -0.341 e. The highest BCUT2D eigenvalue weighted by Gasteiger charge is 2.20. The number of hydrogen-bond acceptors (Lipinski definition) is 4. The van der Waals surface area contributed by atoms with Gasteiger partial charge < -0.3 is 10.2 Å². The Kier molecular flexibility index (Phi) is 3.85. The highest BCUT2D eigenvalue weighted by molar-refractivity contribution is 5.31. The van der Waals surface area contributed by atoms with E-state index in [1.165, 1.54) is 18.4 Å². The molecule has 1 aromatic rings. The largest absolute Gasteiger partial charge is 0.341 e. The fourth-order valence-electron chi connectivity index (χ4n) is 2.25. The van der Waals surface area contributed by atoms with Gasteiger partial charge in [0.05, 0.1) is 0 Å².